The number of hydrogen-bond acceptors (Lipinski definition) is 6. The summed E-state index contributed by atoms with van der Waals surface area (Å²) in [6.45, 7) is 4.77. The first kappa shape index (κ1) is 25.0. The van der Waals surface area contributed by atoms with Crippen molar-refractivity contribution in [2.24, 2.45) is 0 Å². The molecule has 0 radical (unpaired) electrons. The highest BCUT2D eigenvalue weighted by atomic mass is 19.1. The van der Waals surface area contributed by atoms with E-state index >= 15 is 0 Å². The molecule has 0 N–H and O–H groups in total. The van der Waals surface area contributed by atoms with Gasteiger partial charge in [0.25, 0.3) is 0 Å². The van der Waals surface area contributed by atoms with Gasteiger partial charge in [-0.05, 0) is 62.7 Å². The zero-order valence-electron chi connectivity index (χ0n) is 21.2. The second-order valence-electron chi connectivity index (χ2n) is 9.62. The van der Waals surface area contributed by atoms with Gasteiger partial charge in [-0.15, -0.1) is 0 Å². The zero-order chi connectivity index (χ0) is 25.8. The molecule has 5 rings (SSSR count). The average molecular weight is 503 g/mol. The van der Waals surface area contributed by atoms with E-state index in [1.807, 2.05) is 12.1 Å². The minimum absolute atomic E-state index is 0.0419. The van der Waals surface area contributed by atoms with Gasteiger partial charge in [0.2, 0.25) is 0 Å². The van der Waals surface area contributed by atoms with E-state index in [1.165, 1.54) is 24.6 Å². The number of likely N-dealkylation sites (tertiary alicyclic amines) is 1. The maximum absolute atomic E-state index is 13.5. The number of benzene rings is 3. The predicted octanol–water partition coefficient (Wildman–Crippen LogP) is 6.22. The van der Waals surface area contributed by atoms with Gasteiger partial charge in [-0.1, -0.05) is 35.5 Å². The number of piperidine rings is 1. The van der Waals surface area contributed by atoms with Gasteiger partial charge in [0.1, 0.15) is 17.3 Å². The number of carbonyl (C=O) groups is 1. The molecule has 2 heterocycles. The molecule has 0 amide bonds. The fraction of sp³-hybridized carbons (Fsp3) is 0.333. The van der Waals surface area contributed by atoms with E-state index in [4.69, 9.17) is 14.0 Å². The lowest BCUT2D eigenvalue weighted by molar-refractivity contribution is 0.101. The summed E-state index contributed by atoms with van der Waals surface area (Å²) >= 11 is 0. The highest BCUT2D eigenvalue weighted by Crippen LogP contribution is 2.34. The van der Waals surface area contributed by atoms with E-state index in [1.54, 1.807) is 25.3 Å². The Morgan fingerprint density at radius 2 is 1.89 bits per heavy atom. The molecule has 6 nitrogen and oxygen atoms in total. The molecule has 0 bridgehead atoms. The van der Waals surface area contributed by atoms with Crippen LogP contribution in [0.2, 0.25) is 0 Å². The van der Waals surface area contributed by atoms with Crippen molar-refractivity contribution in [1.82, 2.24) is 10.1 Å². The number of ether oxygens (including phenoxy) is 2. The fourth-order valence-corrected chi connectivity index (χ4v) is 5.15. The van der Waals surface area contributed by atoms with Gasteiger partial charge in [-0.3, -0.25) is 4.79 Å². The summed E-state index contributed by atoms with van der Waals surface area (Å²) in [6, 6.07) is 20.4. The van der Waals surface area contributed by atoms with E-state index in [2.05, 4.69) is 34.3 Å². The molecule has 4 aromatic rings. The van der Waals surface area contributed by atoms with Gasteiger partial charge in [-0.2, -0.15) is 0 Å². The summed E-state index contributed by atoms with van der Waals surface area (Å²) in [5.74, 6) is 1.31. The monoisotopic (exact) mass is 502 g/mol. The Labute approximate surface area is 216 Å². The lowest BCUT2D eigenvalue weighted by atomic mass is 9.90. The van der Waals surface area contributed by atoms with Crippen LogP contribution in [0.15, 0.2) is 71.3 Å². The summed E-state index contributed by atoms with van der Waals surface area (Å²) in [5, 5.41) is 5.18. The van der Waals surface area contributed by atoms with Crippen LogP contribution in [0.3, 0.4) is 0 Å². The van der Waals surface area contributed by atoms with E-state index in [0.29, 0.717) is 35.2 Å². The highest BCUT2D eigenvalue weighted by molar-refractivity contribution is 5.97. The van der Waals surface area contributed by atoms with Crippen LogP contribution in [0.5, 0.6) is 11.5 Å². The number of Topliss-reactive ketones (excluding diaryl/α,β-unsaturated/α-hetero) is 1. The third-order valence-electron chi connectivity index (χ3n) is 7.19. The van der Waals surface area contributed by atoms with Gasteiger partial charge >= 0.3 is 0 Å². The molecule has 1 aliphatic rings. The Hall–Kier alpha value is -3.71. The quantitative estimate of drug-likeness (QED) is 0.253. The number of ketones is 1. The van der Waals surface area contributed by atoms with Gasteiger partial charge in [0.15, 0.2) is 11.4 Å². The van der Waals surface area contributed by atoms with Crippen molar-refractivity contribution >= 4 is 16.8 Å². The number of hydrogen-bond donors (Lipinski definition) is 0. The maximum Gasteiger partial charge on any atom is 0.170 e. The number of rotatable bonds is 9. The van der Waals surface area contributed by atoms with Gasteiger partial charge in [-0.25, -0.2) is 4.39 Å². The van der Waals surface area contributed by atoms with Crippen molar-refractivity contribution in [3.8, 4) is 11.5 Å². The molecule has 0 spiro atoms. The molecule has 0 saturated carbocycles. The molecular formula is C30H31FN2O4. The molecule has 1 fully saturated rings. The Bertz CT molecular complexity index is 1360. The first-order valence-electron chi connectivity index (χ1n) is 12.7. The molecule has 1 atom stereocenters. The summed E-state index contributed by atoms with van der Waals surface area (Å²) in [4.78, 5) is 14.3. The third-order valence-corrected chi connectivity index (χ3v) is 7.19. The molecule has 3 aromatic carbocycles. The second kappa shape index (κ2) is 11.1. The van der Waals surface area contributed by atoms with Crippen molar-refractivity contribution in [2.45, 2.75) is 31.6 Å². The van der Waals surface area contributed by atoms with Crippen molar-refractivity contribution in [1.29, 1.82) is 0 Å². The standard InChI is InChI=1S/C30H31FN2O4/c1-20(34)26-11-9-25(17-28(26)35-2)36-19-23(21-6-4-3-5-7-21)18-33-14-12-22(13-15-33)30-27-10-8-24(31)16-29(27)37-32-30/h3-11,16-17,22-23H,12-15,18-19H2,1-2H3. The minimum atomic E-state index is -0.313. The van der Waals surface area contributed by atoms with Crippen molar-refractivity contribution in [3.05, 3.63) is 89.4 Å². The molecule has 1 saturated heterocycles. The van der Waals surface area contributed by atoms with Crippen LogP contribution in [-0.4, -0.2) is 49.2 Å². The second-order valence-corrected chi connectivity index (χ2v) is 9.62. The largest absolute Gasteiger partial charge is 0.496 e. The summed E-state index contributed by atoms with van der Waals surface area (Å²) in [6.07, 6.45) is 1.93. The first-order valence-corrected chi connectivity index (χ1v) is 12.7. The number of aromatic nitrogens is 1. The molecule has 1 aliphatic heterocycles. The van der Waals surface area contributed by atoms with Crippen LogP contribution in [0.25, 0.3) is 11.0 Å². The Balaban J connectivity index is 1.25. The van der Waals surface area contributed by atoms with Crippen molar-refractivity contribution < 1.29 is 23.2 Å². The van der Waals surface area contributed by atoms with E-state index < -0.39 is 0 Å². The van der Waals surface area contributed by atoms with Gasteiger partial charge in [0, 0.05) is 35.9 Å². The Kier molecular flexibility index (Phi) is 7.51. The van der Waals surface area contributed by atoms with Gasteiger partial charge < -0.3 is 18.9 Å². The van der Waals surface area contributed by atoms with Crippen LogP contribution >= 0.6 is 0 Å². The number of halogens is 1. The number of nitrogens with zero attached hydrogens (tertiary/aromatic N) is 2. The van der Waals surface area contributed by atoms with E-state index in [-0.39, 0.29) is 17.5 Å². The van der Waals surface area contributed by atoms with E-state index in [9.17, 15) is 9.18 Å². The molecule has 37 heavy (non-hydrogen) atoms. The number of fused-ring (bicyclic) bond motifs is 1. The topological polar surface area (TPSA) is 64.8 Å². The number of methoxy groups -OCH3 is 1. The Morgan fingerprint density at radius 1 is 1.11 bits per heavy atom. The summed E-state index contributed by atoms with van der Waals surface area (Å²) in [5.41, 5.74) is 3.20. The average Bonchev–Trinajstić information content (AvgIpc) is 3.34. The van der Waals surface area contributed by atoms with Crippen LogP contribution in [0.4, 0.5) is 4.39 Å². The van der Waals surface area contributed by atoms with E-state index in [0.717, 1.165) is 43.6 Å². The first-order chi connectivity index (χ1) is 18.0. The molecule has 1 unspecified atom stereocenters. The predicted molar refractivity (Wildman–Crippen MR) is 140 cm³/mol. The normalized spacial score (nSPS) is 15.5. The molecule has 192 valence electrons. The van der Waals surface area contributed by atoms with Crippen LogP contribution in [0, 0.1) is 5.82 Å². The fourth-order valence-electron chi connectivity index (χ4n) is 5.15. The molecule has 1 aromatic heterocycles. The molecule has 0 aliphatic carbocycles. The van der Waals surface area contributed by atoms with Crippen molar-refractivity contribution in [2.75, 3.05) is 33.4 Å². The smallest absolute Gasteiger partial charge is 0.170 e. The lowest BCUT2D eigenvalue weighted by Gasteiger charge is -2.34. The molecular weight excluding hydrogens is 471 g/mol. The van der Waals surface area contributed by atoms with Crippen LogP contribution < -0.4 is 9.47 Å². The number of carbonyl (C=O) groups excluding carboxylic acids is 1. The molecule has 7 heteroatoms. The zero-order valence-corrected chi connectivity index (χ0v) is 21.2. The van der Waals surface area contributed by atoms with Crippen LogP contribution in [0.1, 0.15) is 53.2 Å². The minimum Gasteiger partial charge on any atom is -0.496 e. The highest BCUT2D eigenvalue weighted by Gasteiger charge is 2.27. The van der Waals surface area contributed by atoms with Crippen molar-refractivity contribution in [3.63, 3.8) is 0 Å². The van der Waals surface area contributed by atoms with Crippen LogP contribution in [-0.2, 0) is 0 Å². The van der Waals surface area contributed by atoms with Gasteiger partial charge in [0.05, 0.1) is 25.0 Å². The maximum atomic E-state index is 13.5. The third kappa shape index (κ3) is 5.67. The Morgan fingerprint density at radius 3 is 2.62 bits per heavy atom. The lowest BCUT2D eigenvalue weighted by Crippen LogP contribution is -2.37. The SMILES string of the molecule is COc1cc(OCC(CN2CCC(c3noc4cc(F)ccc34)CC2)c2ccccc2)ccc1C(C)=O. The summed E-state index contributed by atoms with van der Waals surface area (Å²) in [7, 11) is 1.56. The summed E-state index contributed by atoms with van der Waals surface area (Å²) < 4.78 is 30.5.